The summed E-state index contributed by atoms with van der Waals surface area (Å²) in [5, 5.41) is 9.95. The number of benzene rings is 2. The van der Waals surface area contributed by atoms with Gasteiger partial charge in [-0.25, -0.2) is 9.67 Å². The molecule has 1 amide bonds. The monoisotopic (exact) mass is 374 g/mol. The van der Waals surface area contributed by atoms with Crippen molar-refractivity contribution in [2.45, 2.75) is 6.42 Å². The molecule has 0 aliphatic rings. The van der Waals surface area contributed by atoms with E-state index in [1.54, 1.807) is 10.9 Å². The average molecular weight is 374 g/mol. The second-order valence-electron chi connectivity index (χ2n) is 6.02. The van der Waals surface area contributed by atoms with Crippen LogP contribution in [0.25, 0.3) is 16.3 Å². The van der Waals surface area contributed by atoms with Crippen LogP contribution in [-0.4, -0.2) is 27.2 Å². The van der Waals surface area contributed by atoms with Crippen molar-refractivity contribution in [2.24, 2.45) is 0 Å². The molecule has 27 heavy (non-hydrogen) atoms. The van der Waals surface area contributed by atoms with Gasteiger partial charge in [0.05, 0.1) is 5.69 Å². The maximum absolute atomic E-state index is 12.3. The van der Waals surface area contributed by atoms with E-state index >= 15 is 0 Å². The standard InChI is InChI=1S/C21H18N4OS/c26-20(18-9-7-17(8-10-18)16-5-2-1-3-6-16)22-13-11-19-15-27-21(24-19)25-14-4-12-23-25/h1-10,12,14-15H,11,13H2,(H,22,26). The summed E-state index contributed by atoms with van der Waals surface area (Å²) in [4.78, 5) is 16.9. The number of hydrogen-bond acceptors (Lipinski definition) is 4. The second-order valence-corrected chi connectivity index (χ2v) is 6.86. The zero-order valence-electron chi connectivity index (χ0n) is 14.6. The lowest BCUT2D eigenvalue weighted by molar-refractivity contribution is 0.0954. The molecule has 0 aliphatic carbocycles. The van der Waals surface area contributed by atoms with Crippen molar-refractivity contribution in [3.8, 4) is 16.3 Å². The highest BCUT2D eigenvalue weighted by Crippen LogP contribution is 2.19. The molecular formula is C21H18N4OS. The van der Waals surface area contributed by atoms with Gasteiger partial charge >= 0.3 is 0 Å². The number of carbonyl (C=O) groups is 1. The highest BCUT2D eigenvalue weighted by atomic mass is 32.1. The molecular weight excluding hydrogens is 356 g/mol. The Morgan fingerprint density at radius 1 is 1.00 bits per heavy atom. The molecule has 4 rings (SSSR count). The van der Waals surface area contributed by atoms with Crippen molar-refractivity contribution in [1.82, 2.24) is 20.1 Å². The number of nitrogens with zero attached hydrogens (tertiary/aromatic N) is 3. The minimum absolute atomic E-state index is 0.0721. The first-order valence-corrected chi connectivity index (χ1v) is 9.56. The number of carbonyl (C=O) groups excluding carboxylic acids is 1. The molecule has 0 bridgehead atoms. The lowest BCUT2D eigenvalue weighted by Crippen LogP contribution is -2.25. The van der Waals surface area contributed by atoms with E-state index < -0.39 is 0 Å². The lowest BCUT2D eigenvalue weighted by atomic mass is 10.0. The SMILES string of the molecule is O=C(NCCc1csc(-n2cccn2)n1)c1ccc(-c2ccccc2)cc1. The van der Waals surface area contributed by atoms with Gasteiger partial charge in [0.25, 0.3) is 5.91 Å². The predicted octanol–water partition coefficient (Wildman–Crippen LogP) is 3.97. The van der Waals surface area contributed by atoms with Gasteiger partial charge in [0.15, 0.2) is 0 Å². The molecule has 4 aromatic rings. The first-order valence-electron chi connectivity index (χ1n) is 8.68. The number of hydrogen-bond donors (Lipinski definition) is 1. The van der Waals surface area contributed by atoms with Gasteiger partial charge in [0, 0.05) is 36.3 Å². The lowest BCUT2D eigenvalue weighted by Gasteiger charge is -2.06. The summed E-state index contributed by atoms with van der Waals surface area (Å²) < 4.78 is 1.74. The second kappa shape index (κ2) is 7.97. The van der Waals surface area contributed by atoms with Crippen LogP contribution in [0.2, 0.25) is 0 Å². The summed E-state index contributed by atoms with van der Waals surface area (Å²) in [6, 6.07) is 19.6. The number of amides is 1. The van der Waals surface area contributed by atoms with Crippen molar-refractivity contribution in [1.29, 1.82) is 0 Å². The fourth-order valence-corrected chi connectivity index (χ4v) is 3.55. The van der Waals surface area contributed by atoms with Crippen LogP contribution in [0, 0.1) is 0 Å². The molecule has 134 valence electrons. The van der Waals surface area contributed by atoms with Crippen LogP contribution >= 0.6 is 11.3 Å². The van der Waals surface area contributed by atoms with Gasteiger partial charge in [0.2, 0.25) is 5.13 Å². The quantitative estimate of drug-likeness (QED) is 0.556. The third kappa shape index (κ3) is 4.12. The molecule has 0 spiro atoms. The molecule has 2 heterocycles. The topological polar surface area (TPSA) is 59.8 Å². The minimum atomic E-state index is -0.0721. The van der Waals surface area contributed by atoms with Gasteiger partial charge in [-0.15, -0.1) is 11.3 Å². The van der Waals surface area contributed by atoms with E-state index in [0.29, 0.717) is 18.5 Å². The molecule has 0 saturated heterocycles. The van der Waals surface area contributed by atoms with Gasteiger partial charge in [-0.2, -0.15) is 5.10 Å². The average Bonchev–Trinajstić information content (AvgIpc) is 3.40. The molecule has 2 aromatic carbocycles. The summed E-state index contributed by atoms with van der Waals surface area (Å²) in [6.07, 6.45) is 4.28. The van der Waals surface area contributed by atoms with Crippen LogP contribution in [0.5, 0.6) is 0 Å². The molecule has 2 aromatic heterocycles. The Labute approximate surface area is 161 Å². The third-order valence-electron chi connectivity index (χ3n) is 4.16. The zero-order chi connectivity index (χ0) is 18.5. The molecule has 0 unspecified atom stereocenters. The van der Waals surface area contributed by atoms with Gasteiger partial charge in [-0.05, 0) is 29.3 Å². The summed E-state index contributed by atoms with van der Waals surface area (Å²) in [7, 11) is 0. The smallest absolute Gasteiger partial charge is 0.251 e. The van der Waals surface area contributed by atoms with E-state index in [1.165, 1.54) is 11.3 Å². The molecule has 1 N–H and O–H groups in total. The van der Waals surface area contributed by atoms with Gasteiger partial charge < -0.3 is 5.32 Å². The fraction of sp³-hybridized carbons (Fsp3) is 0.0952. The molecule has 0 aliphatic heterocycles. The summed E-state index contributed by atoms with van der Waals surface area (Å²) in [5.74, 6) is -0.0721. The summed E-state index contributed by atoms with van der Waals surface area (Å²) >= 11 is 1.54. The first kappa shape index (κ1) is 17.2. The highest BCUT2D eigenvalue weighted by molar-refractivity contribution is 7.12. The van der Waals surface area contributed by atoms with Gasteiger partial charge in [0.1, 0.15) is 0 Å². The summed E-state index contributed by atoms with van der Waals surface area (Å²) in [5.41, 5.74) is 3.84. The first-order chi connectivity index (χ1) is 13.3. The maximum Gasteiger partial charge on any atom is 0.251 e. The van der Waals surface area contributed by atoms with Crippen LogP contribution in [0.4, 0.5) is 0 Å². The normalized spacial score (nSPS) is 10.7. The Kier molecular flexibility index (Phi) is 5.07. The Balaban J connectivity index is 1.32. The van der Waals surface area contributed by atoms with Crippen LogP contribution in [0.1, 0.15) is 16.1 Å². The van der Waals surface area contributed by atoms with E-state index in [1.807, 2.05) is 60.1 Å². The molecule has 0 fully saturated rings. The largest absolute Gasteiger partial charge is 0.352 e. The van der Waals surface area contributed by atoms with Crippen LogP contribution in [-0.2, 0) is 6.42 Å². The van der Waals surface area contributed by atoms with Crippen LogP contribution in [0.3, 0.4) is 0 Å². The Hall–Kier alpha value is -3.25. The molecule has 5 nitrogen and oxygen atoms in total. The van der Waals surface area contributed by atoms with Crippen molar-refractivity contribution in [3.05, 3.63) is 89.7 Å². The van der Waals surface area contributed by atoms with E-state index in [2.05, 4.69) is 27.5 Å². The highest BCUT2D eigenvalue weighted by Gasteiger charge is 2.08. The van der Waals surface area contributed by atoms with Gasteiger partial charge in [-0.1, -0.05) is 42.5 Å². The maximum atomic E-state index is 12.3. The van der Waals surface area contributed by atoms with Crippen molar-refractivity contribution >= 4 is 17.2 Å². The van der Waals surface area contributed by atoms with Gasteiger partial charge in [-0.3, -0.25) is 4.79 Å². The Morgan fingerprint density at radius 3 is 2.52 bits per heavy atom. The minimum Gasteiger partial charge on any atom is -0.352 e. The van der Waals surface area contributed by atoms with E-state index in [9.17, 15) is 4.79 Å². The molecule has 6 heteroatoms. The molecule has 0 radical (unpaired) electrons. The van der Waals surface area contributed by atoms with Crippen molar-refractivity contribution in [2.75, 3.05) is 6.54 Å². The third-order valence-corrected chi connectivity index (χ3v) is 5.04. The summed E-state index contributed by atoms with van der Waals surface area (Å²) in [6.45, 7) is 0.543. The predicted molar refractivity (Wildman–Crippen MR) is 107 cm³/mol. The number of aromatic nitrogens is 3. The number of rotatable bonds is 6. The number of thiazole rings is 1. The van der Waals surface area contributed by atoms with E-state index in [0.717, 1.165) is 22.0 Å². The van der Waals surface area contributed by atoms with Crippen LogP contribution in [0.15, 0.2) is 78.4 Å². The van der Waals surface area contributed by atoms with Crippen molar-refractivity contribution in [3.63, 3.8) is 0 Å². The molecule has 0 atom stereocenters. The fourth-order valence-electron chi connectivity index (χ4n) is 2.75. The Morgan fingerprint density at radius 2 is 1.78 bits per heavy atom. The molecule has 0 saturated carbocycles. The van der Waals surface area contributed by atoms with Crippen LogP contribution < -0.4 is 5.32 Å². The van der Waals surface area contributed by atoms with E-state index in [-0.39, 0.29) is 5.91 Å². The van der Waals surface area contributed by atoms with Crippen molar-refractivity contribution < 1.29 is 4.79 Å². The zero-order valence-corrected chi connectivity index (χ0v) is 15.4. The van der Waals surface area contributed by atoms with E-state index in [4.69, 9.17) is 0 Å². The number of nitrogens with one attached hydrogen (secondary N) is 1. The Bertz CT molecular complexity index is 1010.